The maximum Gasteiger partial charge on any atom is 0.317 e. The Morgan fingerprint density at radius 3 is 2.65 bits per heavy atom. The molecule has 2 aliphatic heterocycles. The van der Waals surface area contributed by atoms with Gasteiger partial charge in [0.25, 0.3) is 0 Å². The Morgan fingerprint density at radius 1 is 1.18 bits per heavy atom. The summed E-state index contributed by atoms with van der Waals surface area (Å²) in [4.78, 5) is 15.5. The highest BCUT2D eigenvalue weighted by Gasteiger charge is 2.18. The Kier molecular flexibility index (Phi) is 5.03. The number of carbonyl (C=O) groups is 1. The zero-order valence-corrected chi connectivity index (χ0v) is 10.3. The topological polar surface area (TPSA) is 56.8 Å². The number of amides is 2. The molecule has 0 radical (unpaired) electrons. The van der Waals surface area contributed by atoms with Crippen molar-refractivity contribution in [1.82, 2.24) is 20.4 Å². The Balaban J connectivity index is 1.47. The highest BCUT2D eigenvalue weighted by atomic mass is 16.5. The summed E-state index contributed by atoms with van der Waals surface area (Å²) in [6.45, 7) is 9.13. The molecule has 2 saturated heterocycles. The van der Waals surface area contributed by atoms with Gasteiger partial charge < -0.3 is 20.3 Å². The fourth-order valence-electron chi connectivity index (χ4n) is 2.13. The van der Waals surface area contributed by atoms with Gasteiger partial charge in [-0.15, -0.1) is 0 Å². The number of ether oxygens (including phenoxy) is 1. The minimum atomic E-state index is 0.0694. The van der Waals surface area contributed by atoms with E-state index in [9.17, 15) is 4.79 Å². The molecule has 0 aliphatic carbocycles. The average molecular weight is 242 g/mol. The first-order chi connectivity index (χ1) is 8.36. The number of nitrogens with zero attached hydrogens (tertiary/aromatic N) is 2. The van der Waals surface area contributed by atoms with Crippen molar-refractivity contribution >= 4 is 6.03 Å². The Morgan fingerprint density at radius 2 is 1.94 bits per heavy atom. The van der Waals surface area contributed by atoms with Gasteiger partial charge in [0.1, 0.15) is 0 Å². The van der Waals surface area contributed by atoms with Crippen molar-refractivity contribution in [3.05, 3.63) is 0 Å². The molecular formula is C11H22N4O2. The molecule has 2 rings (SSSR count). The molecule has 2 aliphatic rings. The van der Waals surface area contributed by atoms with Crippen molar-refractivity contribution in [2.45, 2.75) is 0 Å². The van der Waals surface area contributed by atoms with Crippen LogP contribution in [-0.2, 0) is 4.74 Å². The molecular weight excluding hydrogens is 220 g/mol. The SMILES string of the molecule is O=C1NCCN1CCNCCN1CCOCC1. The lowest BCUT2D eigenvalue weighted by molar-refractivity contribution is 0.0384. The zero-order chi connectivity index (χ0) is 11.9. The Labute approximate surface area is 102 Å². The fraction of sp³-hybridized carbons (Fsp3) is 0.909. The second-order valence-corrected chi connectivity index (χ2v) is 4.42. The van der Waals surface area contributed by atoms with E-state index in [0.717, 1.165) is 65.6 Å². The van der Waals surface area contributed by atoms with Gasteiger partial charge in [0.2, 0.25) is 0 Å². The summed E-state index contributed by atoms with van der Waals surface area (Å²) in [5.74, 6) is 0. The molecule has 98 valence electrons. The number of nitrogens with one attached hydrogen (secondary N) is 2. The van der Waals surface area contributed by atoms with Crippen molar-refractivity contribution in [2.24, 2.45) is 0 Å². The van der Waals surface area contributed by atoms with Crippen LogP contribution in [-0.4, -0.2) is 81.4 Å². The molecule has 6 heteroatoms. The van der Waals surface area contributed by atoms with Crippen molar-refractivity contribution in [3.8, 4) is 0 Å². The van der Waals surface area contributed by atoms with E-state index in [1.54, 1.807) is 0 Å². The van der Waals surface area contributed by atoms with Crippen LogP contribution in [0.3, 0.4) is 0 Å². The van der Waals surface area contributed by atoms with E-state index in [0.29, 0.717) is 0 Å². The van der Waals surface area contributed by atoms with Gasteiger partial charge in [-0.25, -0.2) is 4.79 Å². The van der Waals surface area contributed by atoms with Gasteiger partial charge in [0.15, 0.2) is 0 Å². The van der Waals surface area contributed by atoms with E-state index in [1.807, 2.05) is 4.90 Å². The standard InChI is InChI=1S/C11H22N4O2/c16-11-13-3-6-15(11)5-2-12-1-4-14-7-9-17-10-8-14/h12H,1-10H2,(H,13,16). The molecule has 2 amide bonds. The molecule has 0 atom stereocenters. The second kappa shape index (κ2) is 6.78. The summed E-state index contributed by atoms with van der Waals surface area (Å²) >= 11 is 0. The summed E-state index contributed by atoms with van der Waals surface area (Å²) in [5, 5.41) is 6.18. The molecule has 0 aromatic heterocycles. The van der Waals surface area contributed by atoms with Crippen LogP contribution in [0.5, 0.6) is 0 Å². The zero-order valence-electron chi connectivity index (χ0n) is 10.3. The predicted octanol–water partition coefficient (Wildman–Crippen LogP) is -1.07. The summed E-state index contributed by atoms with van der Waals surface area (Å²) < 4.78 is 5.29. The van der Waals surface area contributed by atoms with Crippen molar-refractivity contribution < 1.29 is 9.53 Å². The molecule has 6 nitrogen and oxygen atoms in total. The van der Waals surface area contributed by atoms with Crippen LogP contribution >= 0.6 is 0 Å². The van der Waals surface area contributed by atoms with Gasteiger partial charge in [0, 0.05) is 52.4 Å². The van der Waals surface area contributed by atoms with E-state index in [1.165, 1.54) is 0 Å². The van der Waals surface area contributed by atoms with Gasteiger partial charge in [-0.2, -0.15) is 0 Å². The number of carbonyl (C=O) groups excluding carboxylic acids is 1. The van der Waals surface area contributed by atoms with Crippen LogP contribution in [0.25, 0.3) is 0 Å². The van der Waals surface area contributed by atoms with Crippen molar-refractivity contribution in [1.29, 1.82) is 0 Å². The summed E-state index contributed by atoms with van der Waals surface area (Å²) in [7, 11) is 0. The number of hydrogen-bond donors (Lipinski definition) is 2. The lowest BCUT2D eigenvalue weighted by Crippen LogP contribution is -2.41. The molecule has 0 aromatic rings. The van der Waals surface area contributed by atoms with Crippen molar-refractivity contribution in [3.63, 3.8) is 0 Å². The summed E-state index contributed by atoms with van der Waals surface area (Å²) in [6, 6.07) is 0.0694. The second-order valence-electron chi connectivity index (χ2n) is 4.42. The summed E-state index contributed by atoms with van der Waals surface area (Å²) in [5.41, 5.74) is 0. The third-order valence-corrected chi connectivity index (χ3v) is 3.21. The molecule has 2 N–H and O–H groups in total. The summed E-state index contributed by atoms with van der Waals surface area (Å²) in [6.07, 6.45) is 0. The minimum absolute atomic E-state index is 0.0694. The molecule has 0 aromatic carbocycles. The van der Waals surface area contributed by atoms with E-state index < -0.39 is 0 Å². The smallest absolute Gasteiger partial charge is 0.317 e. The number of urea groups is 1. The van der Waals surface area contributed by atoms with Crippen LogP contribution in [0, 0.1) is 0 Å². The highest BCUT2D eigenvalue weighted by molar-refractivity contribution is 5.76. The van der Waals surface area contributed by atoms with Crippen LogP contribution < -0.4 is 10.6 Å². The third-order valence-electron chi connectivity index (χ3n) is 3.21. The third kappa shape index (κ3) is 4.14. The van der Waals surface area contributed by atoms with E-state index >= 15 is 0 Å². The lowest BCUT2D eigenvalue weighted by Gasteiger charge is -2.26. The molecule has 0 spiro atoms. The predicted molar refractivity (Wildman–Crippen MR) is 65.1 cm³/mol. The van der Waals surface area contributed by atoms with Crippen LogP contribution in [0.4, 0.5) is 4.79 Å². The molecule has 2 fully saturated rings. The van der Waals surface area contributed by atoms with E-state index in [2.05, 4.69) is 15.5 Å². The van der Waals surface area contributed by atoms with Crippen LogP contribution in [0.2, 0.25) is 0 Å². The number of rotatable bonds is 6. The normalized spacial score (nSPS) is 21.9. The van der Waals surface area contributed by atoms with Gasteiger partial charge >= 0.3 is 6.03 Å². The first kappa shape index (κ1) is 12.6. The lowest BCUT2D eigenvalue weighted by atomic mass is 10.4. The minimum Gasteiger partial charge on any atom is -0.379 e. The first-order valence-electron chi connectivity index (χ1n) is 6.40. The Bertz CT molecular complexity index is 244. The van der Waals surface area contributed by atoms with E-state index in [4.69, 9.17) is 4.74 Å². The molecule has 0 bridgehead atoms. The highest BCUT2D eigenvalue weighted by Crippen LogP contribution is 1.96. The molecule has 17 heavy (non-hydrogen) atoms. The maximum absolute atomic E-state index is 11.3. The van der Waals surface area contributed by atoms with Gasteiger partial charge in [0.05, 0.1) is 13.2 Å². The van der Waals surface area contributed by atoms with Crippen molar-refractivity contribution in [2.75, 3.05) is 65.6 Å². The first-order valence-corrected chi connectivity index (χ1v) is 6.40. The number of hydrogen-bond acceptors (Lipinski definition) is 4. The van der Waals surface area contributed by atoms with Crippen LogP contribution in [0.1, 0.15) is 0 Å². The molecule has 0 unspecified atom stereocenters. The van der Waals surface area contributed by atoms with Gasteiger partial charge in [-0.05, 0) is 0 Å². The fourth-order valence-corrected chi connectivity index (χ4v) is 2.13. The monoisotopic (exact) mass is 242 g/mol. The van der Waals surface area contributed by atoms with Gasteiger partial charge in [-0.1, -0.05) is 0 Å². The average Bonchev–Trinajstić information content (AvgIpc) is 2.76. The molecule has 0 saturated carbocycles. The maximum atomic E-state index is 11.3. The largest absolute Gasteiger partial charge is 0.379 e. The Hall–Kier alpha value is -0.850. The molecule has 2 heterocycles. The van der Waals surface area contributed by atoms with Crippen LogP contribution in [0.15, 0.2) is 0 Å². The quantitative estimate of drug-likeness (QED) is 0.583. The number of morpholine rings is 1. The van der Waals surface area contributed by atoms with Gasteiger partial charge in [-0.3, -0.25) is 4.90 Å². The van der Waals surface area contributed by atoms with E-state index in [-0.39, 0.29) is 6.03 Å².